The van der Waals surface area contributed by atoms with Crippen LogP contribution in [0.4, 0.5) is 0 Å². The Kier molecular flexibility index (Phi) is 5.73. The molecule has 0 radical (unpaired) electrons. The van der Waals surface area contributed by atoms with Crippen LogP contribution in [0.3, 0.4) is 0 Å². The van der Waals surface area contributed by atoms with Crippen molar-refractivity contribution in [2.45, 2.75) is 57.0 Å². The largest absolute Gasteiger partial charge is 0.380 e. The molecule has 3 nitrogen and oxygen atoms in total. The SMILES string of the molecule is CCCOCC(N)C1(N(C)C)CCCCC1. The molecule has 1 saturated carbocycles. The first-order valence-corrected chi connectivity index (χ1v) is 6.64. The van der Waals surface area contributed by atoms with Crippen molar-refractivity contribution in [2.75, 3.05) is 27.3 Å². The Morgan fingerprint density at radius 1 is 1.25 bits per heavy atom. The van der Waals surface area contributed by atoms with E-state index in [2.05, 4.69) is 25.9 Å². The van der Waals surface area contributed by atoms with Gasteiger partial charge in [-0.05, 0) is 33.4 Å². The quantitative estimate of drug-likeness (QED) is 0.707. The van der Waals surface area contributed by atoms with E-state index in [-0.39, 0.29) is 11.6 Å². The lowest BCUT2D eigenvalue weighted by Gasteiger charge is -2.47. The summed E-state index contributed by atoms with van der Waals surface area (Å²) < 4.78 is 5.62. The lowest BCUT2D eigenvalue weighted by Crippen LogP contribution is -2.60. The summed E-state index contributed by atoms with van der Waals surface area (Å²) in [5, 5.41) is 0. The van der Waals surface area contributed by atoms with Crippen LogP contribution in [-0.4, -0.2) is 43.8 Å². The van der Waals surface area contributed by atoms with Crippen LogP contribution in [-0.2, 0) is 4.74 Å². The van der Waals surface area contributed by atoms with Gasteiger partial charge in [0.05, 0.1) is 6.61 Å². The summed E-state index contributed by atoms with van der Waals surface area (Å²) in [5.74, 6) is 0. The second kappa shape index (κ2) is 6.58. The molecule has 0 saturated heterocycles. The molecule has 3 heteroatoms. The highest BCUT2D eigenvalue weighted by Gasteiger charge is 2.39. The van der Waals surface area contributed by atoms with Gasteiger partial charge in [-0.25, -0.2) is 0 Å². The second-order valence-electron chi connectivity index (χ2n) is 5.24. The average Bonchev–Trinajstić information content (AvgIpc) is 2.30. The van der Waals surface area contributed by atoms with Gasteiger partial charge in [0.15, 0.2) is 0 Å². The third-order valence-corrected chi connectivity index (χ3v) is 3.95. The predicted molar refractivity (Wildman–Crippen MR) is 68.6 cm³/mol. The molecule has 0 aliphatic heterocycles. The topological polar surface area (TPSA) is 38.5 Å². The lowest BCUT2D eigenvalue weighted by atomic mass is 9.76. The molecular formula is C13H28N2O. The molecule has 0 amide bonds. The first-order chi connectivity index (χ1) is 7.63. The number of ether oxygens (including phenoxy) is 1. The molecule has 0 heterocycles. The molecule has 0 bridgehead atoms. The van der Waals surface area contributed by atoms with Crippen LogP contribution in [0.5, 0.6) is 0 Å². The molecule has 1 aliphatic rings. The van der Waals surface area contributed by atoms with Crippen LogP contribution in [0.1, 0.15) is 45.4 Å². The second-order valence-corrected chi connectivity index (χ2v) is 5.24. The van der Waals surface area contributed by atoms with Gasteiger partial charge in [-0.2, -0.15) is 0 Å². The summed E-state index contributed by atoms with van der Waals surface area (Å²) in [6.45, 7) is 3.66. The summed E-state index contributed by atoms with van der Waals surface area (Å²) in [6.07, 6.45) is 7.48. The van der Waals surface area contributed by atoms with E-state index in [1.165, 1.54) is 32.1 Å². The van der Waals surface area contributed by atoms with Crippen LogP contribution in [0.2, 0.25) is 0 Å². The van der Waals surface area contributed by atoms with Crippen LogP contribution in [0.25, 0.3) is 0 Å². The molecule has 16 heavy (non-hydrogen) atoms. The summed E-state index contributed by atoms with van der Waals surface area (Å²) in [6, 6.07) is 0.148. The van der Waals surface area contributed by atoms with E-state index < -0.39 is 0 Å². The monoisotopic (exact) mass is 228 g/mol. The van der Waals surface area contributed by atoms with Crippen molar-refractivity contribution in [2.24, 2.45) is 5.73 Å². The van der Waals surface area contributed by atoms with E-state index in [4.69, 9.17) is 10.5 Å². The Morgan fingerprint density at radius 3 is 2.38 bits per heavy atom. The smallest absolute Gasteiger partial charge is 0.0635 e. The predicted octanol–water partition coefficient (Wildman–Crippen LogP) is 2.00. The molecule has 1 fully saturated rings. The minimum absolute atomic E-state index is 0.148. The molecule has 0 aromatic rings. The van der Waals surface area contributed by atoms with Gasteiger partial charge in [-0.1, -0.05) is 26.2 Å². The van der Waals surface area contributed by atoms with E-state index in [1.807, 2.05) is 0 Å². The number of rotatable bonds is 6. The Morgan fingerprint density at radius 2 is 1.88 bits per heavy atom. The van der Waals surface area contributed by atoms with E-state index in [0.717, 1.165) is 13.0 Å². The van der Waals surface area contributed by atoms with Crippen molar-refractivity contribution in [3.05, 3.63) is 0 Å². The van der Waals surface area contributed by atoms with Crippen molar-refractivity contribution in [1.82, 2.24) is 4.90 Å². The summed E-state index contributed by atoms with van der Waals surface area (Å²) >= 11 is 0. The van der Waals surface area contributed by atoms with Gasteiger partial charge in [0, 0.05) is 18.2 Å². The standard InChI is InChI=1S/C13H28N2O/c1-4-10-16-11-12(14)13(15(2)3)8-6-5-7-9-13/h12H,4-11,14H2,1-3H3. The van der Waals surface area contributed by atoms with Gasteiger partial charge in [-0.3, -0.25) is 0 Å². The average molecular weight is 228 g/mol. The molecule has 2 N–H and O–H groups in total. The molecule has 1 atom stereocenters. The Bertz CT molecular complexity index is 188. The summed E-state index contributed by atoms with van der Waals surface area (Å²) in [7, 11) is 4.32. The Labute approximate surface area is 100 Å². The minimum Gasteiger partial charge on any atom is -0.380 e. The number of nitrogens with zero attached hydrogens (tertiary/aromatic N) is 1. The maximum absolute atomic E-state index is 6.36. The summed E-state index contributed by atoms with van der Waals surface area (Å²) in [5.41, 5.74) is 6.53. The third-order valence-electron chi connectivity index (χ3n) is 3.95. The maximum Gasteiger partial charge on any atom is 0.0635 e. The zero-order chi connectivity index (χ0) is 12.0. The van der Waals surface area contributed by atoms with Crippen molar-refractivity contribution >= 4 is 0 Å². The molecule has 1 rings (SSSR count). The number of hydrogen-bond donors (Lipinski definition) is 1. The fourth-order valence-corrected chi connectivity index (χ4v) is 2.82. The molecule has 0 aromatic heterocycles. The van der Waals surface area contributed by atoms with E-state index in [1.54, 1.807) is 0 Å². The lowest BCUT2D eigenvalue weighted by molar-refractivity contribution is 0.0219. The number of likely N-dealkylation sites (N-methyl/N-ethyl adjacent to an activating group) is 1. The van der Waals surface area contributed by atoms with Crippen molar-refractivity contribution in [3.63, 3.8) is 0 Å². The van der Waals surface area contributed by atoms with E-state index >= 15 is 0 Å². The molecule has 1 aliphatic carbocycles. The van der Waals surface area contributed by atoms with Gasteiger partial charge in [0.2, 0.25) is 0 Å². The zero-order valence-corrected chi connectivity index (χ0v) is 11.2. The van der Waals surface area contributed by atoms with Crippen LogP contribution >= 0.6 is 0 Å². The van der Waals surface area contributed by atoms with Gasteiger partial charge in [-0.15, -0.1) is 0 Å². The molecule has 0 spiro atoms. The van der Waals surface area contributed by atoms with E-state index in [0.29, 0.717) is 6.61 Å². The molecule has 96 valence electrons. The zero-order valence-electron chi connectivity index (χ0n) is 11.2. The first kappa shape index (κ1) is 13.9. The van der Waals surface area contributed by atoms with Crippen molar-refractivity contribution in [3.8, 4) is 0 Å². The van der Waals surface area contributed by atoms with Crippen molar-refractivity contribution < 1.29 is 4.74 Å². The number of nitrogens with two attached hydrogens (primary N) is 1. The highest BCUT2D eigenvalue weighted by atomic mass is 16.5. The molecule has 1 unspecified atom stereocenters. The summed E-state index contributed by atoms with van der Waals surface area (Å²) in [4.78, 5) is 2.33. The minimum atomic E-state index is 0.148. The van der Waals surface area contributed by atoms with Gasteiger partial charge >= 0.3 is 0 Å². The molecule has 0 aromatic carbocycles. The Hall–Kier alpha value is -0.120. The Balaban J connectivity index is 2.54. The normalized spacial score (nSPS) is 22.3. The fourth-order valence-electron chi connectivity index (χ4n) is 2.82. The maximum atomic E-state index is 6.36. The highest BCUT2D eigenvalue weighted by molar-refractivity contribution is 4.99. The van der Waals surface area contributed by atoms with Crippen LogP contribution < -0.4 is 5.73 Å². The fraction of sp³-hybridized carbons (Fsp3) is 1.00. The first-order valence-electron chi connectivity index (χ1n) is 6.64. The van der Waals surface area contributed by atoms with Crippen LogP contribution in [0, 0.1) is 0 Å². The third kappa shape index (κ3) is 3.19. The highest BCUT2D eigenvalue weighted by Crippen LogP contribution is 2.34. The van der Waals surface area contributed by atoms with Crippen molar-refractivity contribution in [1.29, 1.82) is 0 Å². The van der Waals surface area contributed by atoms with Gasteiger partial charge in [0.1, 0.15) is 0 Å². The number of hydrogen-bond acceptors (Lipinski definition) is 3. The van der Waals surface area contributed by atoms with Crippen LogP contribution in [0.15, 0.2) is 0 Å². The van der Waals surface area contributed by atoms with Gasteiger partial charge in [0.25, 0.3) is 0 Å². The van der Waals surface area contributed by atoms with E-state index in [9.17, 15) is 0 Å². The molecular weight excluding hydrogens is 200 g/mol. The van der Waals surface area contributed by atoms with Gasteiger partial charge < -0.3 is 15.4 Å².